The SMILES string of the molecule is Br/C=C/C=C/C=C\OCc1ccccc1. The first kappa shape index (κ1) is 11.8. The second-order valence-corrected chi connectivity index (χ2v) is 3.36. The Morgan fingerprint density at radius 1 is 1.00 bits per heavy atom. The molecule has 0 radical (unpaired) electrons. The maximum Gasteiger partial charge on any atom is 0.112 e. The lowest BCUT2D eigenvalue weighted by molar-refractivity contribution is 0.236. The molecule has 78 valence electrons. The molecule has 0 spiro atoms. The Balaban J connectivity index is 2.22. The first-order valence-corrected chi connectivity index (χ1v) is 5.59. The second-order valence-electron chi connectivity index (χ2n) is 2.83. The van der Waals surface area contributed by atoms with Crippen LogP contribution in [0.25, 0.3) is 0 Å². The highest BCUT2D eigenvalue weighted by atomic mass is 79.9. The summed E-state index contributed by atoms with van der Waals surface area (Å²) in [5.74, 6) is 0. The highest BCUT2D eigenvalue weighted by molar-refractivity contribution is 9.11. The van der Waals surface area contributed by atoms with E-state index in [0.717, 1.165) is 0 Å². The predicted octanol–water partition coefficient (Wildman–Crippen LogP) is 4.18. The topological polar surface area (TPSA) is 9.23 Å². The van der Waals surface area contributed by atoms with Crippen LogP contribution in [0.15, 0.2) is 65.9 Å². The molecule has 0 unspecified atom stereocenters. The van der Waals surface area contributed by atoms with Gasteiger partial charge in [0, 0.05) is 0 Å². The molecule has 2 heteroatoms. The van der Waals surface area contributed by atoms with Crippen LogP contribution >= 0.6 is 15.9 Å². The summed E-state index contributed by atoms with van der Waals surface area (Å²) >= 11 is 3.18. The van der Waals surface area contributed by atoms with Crippen LogP contribution in [-0.2, 0) is 11.3 Å². The van der Waals surface area contributed by atoms with E-state index in [1.165, 1.54) is 5.56 Å². The molecule has 0 aromatic heterocycles. The zero-order valence-corrected chi connectivity index (χ0v) is 9.93. The number of halogens is 1. The number of hydrogen-bond donors (Lipinski definition) is 0. The van der Waals surface area contributed by atoms with Gasteiger partial charge in [-0.2, -0.15) is 0 Å². The Morgan fingerprint density at radius 2 is 1.73 bits per heavy atom. The van der Waals surface area contributed by atoms with Gasteiger partial charge in [-0.05, 0) is 16.6 Å². The molecule has 0 fully saturated rings. The average Bonchev–Trinajstić information content (AvgIpc) is 2.29. The summed E-state index contributed by atoms with van der Waals surface area (Å²) < 4.78 is 5.33. The molecule has 0 bridgehead atoms. The molecule has 15 heavy (non-hydrogen) atoms. The van der Waals surface area contributed by atoms with Gasteiger partial charge in [0.05, 0.1) is 6.26 Å². The van der Waals surface area contributed by atoms with Crippen LogP contribution in [0.1, 0.15) is 5.56 Å². The summed E-state index contributed by atoms with van der Waals surface area (Å²) in [6, 6.07) is 10.1. The van der Waals surface area contributed by atoms with Gasteiger partial charge in [0.2, 0.25) is 0 Å². The highest BCUT2D eigenvalue weighted by Gasteiger charge is 1.86. The molecule has 0 heterocycles. The highest BCUT2D eigenvalue weighted by Crippen LogP contribution is 2.00. The Morgan fingerprint density at radius 3 is 2.47 bits per heavy atom. The molecule has 0 saturated carbocycles. The third-order valence-electron chi connectivity index (χ3n) is 1.67. The quantitative estimate of drug-likeness (QED) is 0.573. The van der Waals surface area contributed by atoms with Crippen molar-refractivity contribution in [3.63, 3.8) is 0 Å². The molecule has 1 rings (SSSR count). The molecular weight excluding hydrogens is 252 g/mol. The fourth-order valence-corrected chi connectivity index (χ4v) is 1.17. The van der Waals surface area contributed by atoms with Crippen molar-refractivity contribution in [2.45, 2.75) is 6.61 Å². The van der Waals surface area contributed by atoms with Gasteiger partial charge in [-0.25, -0.2) is 0 Å². The van der Waals surface area contributed by atoms with Gasteiger partial charge in [0.25, 0.3) is 0 Å². The van der Waals surface area contributed by atoms with E-state index in [1.54, 1.807) is 11.2 Å². The lowest BCUT2D eigenvalue weighted by Gasteiger charge is -1.99. The largest absolute Gasteiger partial charge is 0.497 e. The zero-order valence-electron chi connectivity index (χ0n) is 8.34. The molecule has 0 aliphatic rings. The van der Waals surface area contributed by atoms with Crippen LogP contribution < -0.4 is 0 Å². The lowest BCUT2D eigenvalue weighted by atomic mass is 10.2. The Hall–Kier alpha value is -1.28. The lowest BCUT2D eigenvalue weighted by Crippen LogP contribution is -1.84. The normalized spacial score (nSPS) is 11.8. The maximum atomic E-state index is 5.33. The van der Waals surface area contributed by atoms with Crippen LogP contribution in [0.4, 0.5) is 0 Å². The van der Waals surface area contributed by atoms with Crippen LogP contribution in [0.5, 0.6) is 0 Å². The maximum absolute atomic E-state index is 5.33. The molecule has 1 aromatic rings. The molecule has 1 nitrogen and oxygen atoms in total. The van der Waals surface area contributed by atoms with E-state index in [1.807, 2.05) is 54.6 Å². The van der Waals surface area contributed by atoms with Gasteiger partial charge >= 0.3 is 0 Å². The zero-order chi connectivity index (χ0) is 10.8. The van der Waals surface area contributed by atoms with Crippen LogP contribution in [0.3, 0.4) is 0 Å². The third-order valence-corrected chi connectivity index (χ3v) is 1.98. The molecule has 0 amide bonds. The van der Waals surface area contributed by atoms with Crippen LogP contribution in [-0.4, -0.2) is 0 Å². The molecule has 0 N–H and O–H groups in total. The van der Waals surface area contributed by atoms with E-state index in [4.69, 9.17) is 4.74 Å². The van der Waals surface area contributed by atoms with Crippen molar-refractivity contribution in [2.24, 2.45) is 0 Å². The van der Waals surface area contributed by atoms with E-state index >= 15 is 0 Å². The third kappa shape index (κ3) is 5.92. The predicted molar refractivity (Wildman–Crippen MR) is 67.6 cm³/mol. The number of hydrogen-bond acceptors (Lipinski definition) is 1. The Labute approximate surface area is 98.9 Å². The minimum Gasteiger partial charge on any atom is -0.497 e. The van der Waals surface area contributed by atoms with E-state index in [2.05, 4.69) is 15.9 Å². The van der Waals surface area contributed by atoms with Crippen molar-refractivity contribution in [1.82, 2.24) is 0 Å². The van der Waals surface area contributed by atoms with Gasteiger partial charge in [0.1, 0.15) is 6.61 Å². The van der Waals surface area contributed by atoms with Crippen molar-refractivity contribution < 1.29 is 4.74 Å². The molecular formula is C13H13BrO. The van der Waals surface area contributed by atoms with Crippen molar-refractivity contribution in [1.29, 1.82) is 0 Å². The van der Waals surface area contributed by atoms with Crippen molar-refractivity contribution >= 4 is 15.9 Å². The monoisotopic (exact) mass is 264 g/mol. The van der Waals surface area contributed by atoms with Gasteiger partial charge in [0.15, 0.2) is 0 Å². The molecule has 0 aliphatic carbocycles. The summed E-state index contributed by atoms with van der Waals surface area (Å²) in [4.78, 5) is 1.79. The van der Waals surface area contributed by atoms with Gasteiger partial charge < -0.3 is 4.74 Å². The Kier molecular flexibility index (Phi) is 6.34. The van der Waals surface area contributed by atoms with Crippen molar-refractivity contribution in [3.8, 4) is 0 Å². The summed E-state index contributed by atoms with van der Waals surface area (Å²) in [6.45, 7) is 0.611. The van der Waals surface area contributed by atoms with Gasteiger partial charge in [-0.1, -0.05) is 64.5 Å². The first-order valence-electron chi connectivity index (χ1n) is 4.67. The molecule has 1 aromatic carbocycles. The van der Waals surface area contributed by atoms with Crippen LogP contribution in [0, 0.1) is 0 Å². The number of rotatable bonds is 5. The number of ether oxygens (including phenoxy) is 1. The summed E-state index contributed by atoms with van der Waals surface area (Å²) in [6.07, 6.45) is 9.25. The van der Waals surface area contributed by atoms with E-state index < -0.39 is 0 Å². The van der Waals surface area contributed by atoms with E-state index in [-0.39, 0.29) is 0 Å². The number of benzene rings is 1. The van der Waals surface area contributed by atoms with Gasteiger partial charge in [-0.15, -0.1) is 0 Å². The van der Waals surface area contributed by atoms with Gasteiger partial charge in [-0.3, -0.25) is 0 Å². The Bertz CT molecular complexity index is 339. The van der Waals surface area contributed by atoms with Crippen molar-refractivity contribution in [2.75, 3.05) is 0 Å². The summed E-state index contributed by atoms with van der Waals surface area (Å²) in [5, 5.41) is 0. The fraction of sp³-hybridized carbons (Fsp3) is 0.0769. The van der Waals surface area contributed by atoms with Crippen molar-refractivity contribution in [3.05, 3.63) is 71.4 Å². The van der Waals surface area contributed by atoms with E-state index in [9.17, 15) is 0 Å². The number of allylic oxidation sites excluding steroid dienone is 4. The molecule has 0 aliphatic heterocycles. The summed E-state index contributed by atoms with van der Waals surface area (Å²) in [5.41, 5.74) is 1.17. The smallest absolute Gasteiger partial charge is 0.112 e. The summed E-state index contributed by atoms with van der Waals surface area (Å²) in [7, 11) is 0. The minimum atomic E-state index is 0.611. The molecule has 0 atom stereocenters. The van der Waals surface area contributed by atoms with Crippen LogP contribution in [0.2, 0.25) is 0 Å². The standard InChI is InChI=1S/C13H13BrO/c14-10-6-1-2-7-11-15-12-13-8-4-3-5-9-13/h1-11H,12H2/b2-1+,10-6+,11-7-. The average molecular weight is 265 g/mol. The first-order chi connectivity index (χ1) is 7.43. The molecule has 0 saturated heterocycles. The minimum absolute atomic E-state index is 0.611. The van der Waals surface area contributed by atoms with E-state index in [0.29, 0.717) is 6.61 Å². The fourth-order valence-electron chi connectivity index (χ4n) is 0.990. The second kappa shape index (κ2) is 8.06.